The van der Waals surface area contributed by atoms with Crippen LogP contribution >= 0.6 is 0 Å². The number of hydrogen-bond donors (Lipinski definition) is 4. The van der Waals surface area contributed by atoms with Gasteiger partial charge in [-0.2, -0.15) is 4.98 Å². The highest BCUT2D eigenvalue weighted by molar-refractivity contribution is 6.00. The van der Waals surface area contributed by atoms with Crippen LogP contribution in [-0.4, -0.2) is 23.0 Å². The summed E-state index contributed by atoms with van der Waals surface area (Å²) in [7, 11) is 1.59. The average Bonchev–Trinajstić information content (AvgIpc) is 2.47. The molecule has 4 N–H and O–H groups in total. The highest BCUT2D eigenvalue weighted by Gasteiger charge is 2.03. The Morgan fingerprint density at radius 3 is 2.67 bits per heavy atom. The standard InChI is InChI=1S/C14H17N5O2/c1-3-9-8-12(20)18-14(17-9)19-13(15)16-10-4-6-11(21-2)7-5-10/h4-8H,3H2,1-2H3,(H4,15,16,17,18,19,20). The van der Waals surface area contributed by atoms with E-state index >= 15 is 0 Å². The summed E-state index contributed by atoms with van der Waals surface area (Å²) in [4.78, 5) is 18.1. The second-order valence-electron chi connectivity index (χ2n) is 4.30. The molecule has 2 aromatic rings. The normalized spacial score (nSPS) is 10.0. The third-order valence-corrected chi connectivity index (χ3v) is 2.78. The first-order chi connectivity index (χ1) is 10.1. The van der Waals surface area contributed by atoms with Crippen molar-refractivity contribution in [2.24, 2.45) is 0 Å². The molecule has 0 saturated heterocycles. The lowest BCUT2D eigenvalue weighted by atomic mass is 10.3. The van der Waals surface area contributed by atoms with E-state index in [0.717, 1.165) is 17.1 Å². The van der Waals surface area contributed by atoms with Crippen molar-refractivity contribution in [1.29, 1.82) is 5.41 Å². The van der Waals surface area contributed by atoms with Crippen molar-refractivity contribution < 1.29 is 4.74 Å². The lowest BCUT2D eigenvalue weighted by molar-refractivity contribution is 0.415. The van der Waals surface area contributed by atoms with E-state index < -0.39 is 0 Å². The molecule has 0 spiro atoms. The molecule has 0 atom stereocenters. The summed E-state index contributed by atoms with van der Waals surface area (Å²) in [5.41, 5.74) is 1.14. The molecule has 0 aliphatic heterocycles. The molecular formula is C14H17N5O2. The number of benzene rings is 1. The molecule has 7 heteroatoms. The SMILES string of the molecule is CCc1cc(=O)nc(NC(=N)Nc2ccc(OC)cc2)[nH]1. The fourth-order valence-electron chi connectivity index (χ4n) is 1.73. The minimum absolute atomic E-state index is 0.0107. The Balaban J connectivity index is 2.04. The Kier molecular flexibility index (Phi) is 4.55. The molecule has 0 saturated carbocycles. The molecule has 21 heavy (non-hydrogen) atoms. The maximum absolute atomic E-state index is 11.4. The number of anilines is 2. The van der Waals surface area contributed by atoms with E-state index in [2.05, 4.69) is 20.6 Å². The van der Waals surface area contributed by atoms with Gasteiger partial charge in [0.05, 0.1) is 7.11 Å². The molecule has 110 valence electrons. The first kappa shape index (κ1) is 14.6. The van der Waals surface area contributed by atoms with Crippen LogP contribution in [-0.2, 0) is 6.42 Å². The number of methoxy groups -OCH3 is 1. The van der Waals surface area contributed by atoms with E-state index in [9.17, 15) is 4.79 Å². The Morgan fingerprint density at radius 2 is 2.05 bits per heavy atom. The number of aryl methyl sites for hydroxylation is 1. The number of aromatic amines is 1. The summed E-state index contributed by atoms with van der Waals surface area (Å²) in [6.45, 7) is 1.93. The van der Waals surface area contributed by atoms with E-state index in [1.807, 2.05) is 6.92 Å². The van der Waals surface area contributed by atoms with E-state index in [1.165, 1.54) is 6.07 Å². The van der Waals surface area contributed by atoms with E-state index in [1.54, 1.807) is 31.4 Å². The fraction of sp³-hybridized carbons (Fsp3) is 0.214. The Bertz CT molecular complexity index is 679. The molecule has 7 nitrogen and oxygen atoms in total. The van der Waals surface area contributed by atoms with Crippen molar-refractivity contribution in [2.75, 3.05) is 17.7 Å². The fourth-order valence-corrected chi connectivity index (χ4v) is 1.73. The van der Waals surface area contributed by atoms with Crippen molar-refractivity contribution in [3.05, 3.63) is 46.4 Å². The zero-order valence-corrected chi connectivity index (χ0v) is 11.9. The summed E-state index contributed by atoms with van der Waals surface area (Å²) >= 11 is 0. The largest absolute Gasteiger partial charge is 0.497 e. The number of nitrogens with zero attached hydrogens (tertiary/aromatic N) is 1. The van der Waals surface area contributed by atoms with Crippen LogP contribution in [0.5, 0.6) is 5.75 Å². The number of ether oxygens (including phenoxy) is 1. The van der Waals surface area contributed by atoms with Crippen LogP contribution < -0.4 is 20.9 Å². The van der Waals surface area contributed by atoms with E-state index in [4.69, 9.17) is 10.1 Å². The lowest BCUT2D eigenvalue weighted by Crippen LogP contribution is -2.24. The number of aromatic nitrogens is 2. The van der Waals surface area contributed by atoms with Crippen LogP contribution in [0.25, 0.3) is 0 Å². The van der Waals surface area contributed by atoms with Crippen molar-refractivity contribution in [2.45, 2.75) is 13.3 Å². The molecule has 0 fully saturated rings. The van der Waals surface area contributed by atoms with E-state index in [-0.39, 0.29) is 17.5 Å². The van der Waals surface area contributed by atoms with E-state index in [0.29, 0.717) is 6.42 Å². The Labute approximate surface area is 121 Å². The number of hydrogen-bond acceptors (Lipinski definition) is 4. The van der Waals surface area contributed by atoms with Gasteiger partial charge in [-0.3, -0.25) is 15.5 Å². The van der Waals surface area contributed by atoms with Gasteiger partial charge in [0.15, 0.2) is 5.96 Å². The zero-order chi connectivity index (χ0) is 15.2. The summed E-state index contributed by atoms with van der Waals surface area (Å²) in [5.74, 6) is 0.989. The van der Waals surface area contributed by atoms with Gasteiger partial charge in [0.25, 0.3) is 5.56 Å². The van der Waals surface area contributed by atoms with Crippen LogP contribution in [0.3, 0.4) is 0 Å². The van der Waals surface area contributed by atoms with Crippen LogP contribution in [0.4, 0.5) is 11.6 Å². The van der Waals surface area contributed by atoms with Crippen LogP contribution in [0.2, 0.25) is 0 Å². The third-order valence-electron chi connectivity index (χ3n) is 2.78. The highest BCUT2D eigenvalue weighted by Crippen LogP contribution is 2.14. The molecule has 0 amide bonds. The first-order valence-electron chi connectivity index (χ1n) is 6.47. The van der Waals surface area contributed by atoms with Gasteiger partial charge < -0.3 is 15.0 Å². The minimum atomic E-state index is -0.342. The summed E-state index contributed by atoms with van der Waals surface area (Å²) in [6, 6.07) is 8.58. The number of rotatable bonds is 4. The molecule has 1 aromatic carbocycles. The van der Waals surface area contributed by atoms with Crippen LogP contribution in [0.15, 0.2) is 35.1 Å². The molecule has 1 aromatic heterocycles. The molecule has 1 heterocycles. The summed E-state index contributed by atoms with van der Waals surface area (Å²) in [6.07, 6.45) is 0.686. The minimum Gasteiger partial charge on any atom is -0.497 e. The molecule has 0 aliphatic carbocycles. The first-order valence-corrected chi connectivity index (χ1v) is 6.47. The number of nitrogens with one attached hydrogen (secondary N) is 4. The van der Waals surface area contributed by atoms with Gasteiger partial charge >= 0.3 is 0 Å². The van der Waals surface area contributed by atoms with Gasteiger partial charge in [-0.25, -0.2) is 0 Å². The lowest BCUT2D eigenvalue weighted by Gasteiger charge is -2.10. The molecule has 0 bridgehead atoms. The molecule has 0 radical (unpaired) electrons. The Hall–Kier alpha value is -2.83. The smallest absolute Gasteiger partial charge is 0.274 e. The zero-order valence-electron chi connectivity index (χ0n) is 11.9. The topological polar surface area (TPSA) is 103 Å². The van der Waals surface area contributed by atoms with Crippen molar-refractivity contribution in [1.82, 2.24) is 9.97 Å². The van der Waals surface area contributed by atoms with Gasteiger partial charge in [0.2, 0.25) is 5.95 Å². The molecule has 0 unspecified atom stereocenters. The van der Waals surface area contributed by atoms with Gasteiger partial charge in [-0.15, -0.1) is 0 Å². The predicted octanol–water partition coefficient (Wildman–Crippen LogP) is 1.80. The second-order valence-corrected chi connectivity index (χ2v) is 4.30. The average molecular weight is 287 g/mol. The highest BCUT2D eigenvalue weighted by atomic mass is 16.5. The maximum atomic E-state index is 11.4. The van der Waals surface area contributed by atoms with Gasteiger partial charge in [-0.1, -0.05) is 6.92 Å². The quantitative estimate of drug-likeness (QED) is 0.507. The predicted molar refractivity (Wildman–Crippen MR) is 82.2 cm³/mol. The van der Waals surface area contributed by atoms with Crippen molar-refractivity contribution in [3.8, 4) is 5.75 Å². The summed E-state index contributed by atoms with van der Waals surface area (Å²) in [5, 5.41) is 13.4. The van der Waals surface area contributed by atoms with Gasteiger partial charge in [0, 0.05) is 17.4 Å². The van der Waals surface area contributed by atoms with Crippen LogP contribution in [0.1, 0.15) is 12.6 Å². The Morgan fingerprint density at radius 1 is 1.33 bits per heavy atom. The molecule has 2 rings (SSSR count). The molecule has 0 aliphatic rings. The molecular weight excluding hydrogens is 270 g/mol. The van der Waals surface area contributed by atoms with Crippen LogP contribution in [0, 0.1) is 5.41 Å². The maximum Gasteiger partial charge on any atom is 0.274 e. The van der Waals surface area contributed by atoms with Crippen molar-refractivity contribution >= 4 is 17.6 Å². The van der Waals surface area contributed by atoms with Crippen molar-refractivity contribution in [3.63, 3.8) is 0 Å². The second kappa shape index (κ2) is 6.56. The number of guanidine groups is 1. The van der Waals surface area contributed by atoms with Gasteiger partial charge in [0.1, 0.15) is 5.75 Å². The summed E-state index contributed by atoms with van der Waals surface area (Å²) < 4.78 is 5.06. The number of H-pyrrole nitrogens is 1. The monoisotopic (exact) mass is 287 g/mol. The van der Waals surface area contributed by atoms with Gasteiger partial charge in [-0.05, 0) is 30.7 Å². The third kappa shape index (κ3) is 4.07.